The lowest BCUT2D eigenvalue weighted by Crippen LogP contribution is -2.33. The molecule has 5 heteroatoms. The SMILES string of the molecule is CC(=O)Nc1cccc([C@H](C)N(Cc2ccccc2)C(=O)c2cc(C)nc3ccccc23)c1. The topological polar surface area (TPSA) is 62.3 Å². The van der Waals surface area contributed by atoms with Crippen molar-refractivity contribution in [2.24, 2.45) is 0 Å². The fourth-order valence-electron chi connectivity index (χ4n) is 4.06. The smallest absolute Gasteiger partial charge is 0.255 e. The first-order valence-electron chi connectivity index (χ1n) is 11.0. The van der Waals surface area contributed by atoms with Gasteiger partial charge in [0.15, 0.2) is 0 Å². The molecule has 0 spiro atoms. The summed E-state index contributed by atoms with van der Waals surface area (Å²) in [6.07, 6.45) is 0. The Labute approximate surface area is 194 Å². The van der Waals surface area contributed by atoms with Gasteiger partial charge in [0.25, 0.3) is 5.91 Å². The van der Waals surface area contributed by atoms with Crippen molar-refractivity contribution in [3.63, 3.8) is 0 Å². The molecule has 4 rings (SSSR count). The third-order valence-corrected chi connectivity index (χ3v) is 5.69. The Morgan fingerprint density at radius 1 is 0.939 bits per heavy atom. The molecule has 5 nitrogen and oxygen atoms in total. The van der Waals surface area contributed by atoms with Gasteiger partial charge in [-0.25, -0.2) is 0 Å². The number of amides is 2. The van der Waals surface area contributed by atoms with Crippen LogP contribution in [0.3, 0.4) is 0 Å². The van der Waals surface area contributed by atoms with Gasteiger partial charge in [0.2, 0.25) is 5.91 Å². The predicted octanol–water partition coefficient (Wildman–Crippen LogP) is 5.91. The number of hydrogen-bond donors (Lipinski definition) is 1. The summed E-state index contributed by atoms with van der Waals surface area (Å²) < 4.78 is 0. The number of para-hydroxylation sites is 1. The second kappa shape index (κ2) is 9.65. The van der Waals surface area contributed by atoms with Gasteiger partial charge in [0.1, 0.15) is 0 Å². The van der Waals surface area contributed by atoms with Crippen LogP contribution in [-0.2, 0) is 11.3 Å². The van der Waals surface area contributed by atoms with E-state index in [9.17, 15) is 9.59 Å². The summed E-state index contributed by atoms with van der Waals surface area (Å²) in [4.78, 5) is 32.0. The highest BCUT2D eigenvalue weighted by molar-refractivity contribution is 6.06. The Morgan fingerprint density at radius 3 is 2.42 bits per heavy atom. The average molecular weight is 438 g/mol. The van der Waals surface area contributed by atoms with E-state index in [2.05, 4.69) is 10.3 Å². The maximum atomic E-state index is 14.0. The molecule has 0 bridgehead atoms. The molecule has 0 aliphatic heterocycles. The highest BCUT2D eigenvalue weighted by atomic mass is 16.2. The minimum absolute atomic E-state index is 0.0574. The van der Waals surface area contributed by atoms with E-state index in [-0.39, 0.29) is 17.9 Å². The van der Waals surface area contributed by atoms with Crippen molar-refractivity contribution >= 4 is 28.4 Å². The van der Waals surface area contributed by atoms with Gasteiger partial charge in [-0.2, -0.15) is 0 Å². The number of benzene rings is 3. The minimum Gasteiger partial charge on any atom is -0.328 e. The second-order valence-electron chi connectivity index (χ2n) is 8.23. The van der Waals surface area contributed by atoms with E-state index in [0.717, 1.165) is 27.7 Å². The highest BCUT2D eigenvalue weighted by Crippen LogP contribution is 2.29. The van der Waals surface area contributed by atoms with Gasteiger partial charge in [-0.05, 0) is 49.2 Å². The van der Waals surface area contributed by atoms with E-state index in [1.165, 1.54) is 6.92 Å². The van der Waals surface area contributed by atoms with Crippen molar-refractivity contribution in [3.8, 4) is 0 Å². The fraction of sp³-hybridized carbons (Fsp3) is 0.179. The molecule has 3 aromatic carbocycles. The van der Waals surface area contributed by atoms with Crippen molar-refractivity contribution in [3.05, 3.63) is 107 Å². The molecule has 1 atom stereocenters. The molecule has 0 aliphatic rings. The number of fused-ring (bicyclic) bond motifs is 1. The summed E-state index contributed by atoms with van der Waals surface area (Å²) in [6, 6.07) is 27.0. The molecule has 166 valence electrons. The van der Waals surface area contributed by atoms with Crippen LogP contribution in [0, 0.1) is 6.92 Å². The maximum absolute atomic E-state index is 14.0. The molecule has 4 aromatic rings. The Morgan fingerprint density at radius 2 is 1.67 bits per heavy atom. The van der Waals surface area contributed by atoms with E-state index in [1.54, 1.807) is 0 Å². The number of carbonyl (C=O) groups is 2. The van der Waals surface area contributed by atoms with Crippen LogP contribution in [0.1, 0.15) is 47.1 Å². The van der Waals surface area contributed by atoms with Crippen LogP contribution in [0.4, 0.5) is 5.69 Å². The molecule has 0 saturated heterocycles. The number of aryl methyl sites for hydroxylation is 1. The van der Waals surface area contributed by atoms with Crippen molar-refractivity contribution in [2.75, 3.05) is 5.32 Å². The molecule has 1 heterocycles. The lowest BCUT2D eigenvalue weighted by Gasteiger charge is -2.31. The first kappa shape index (κ1) is 22.2. The zero-order chi connectivity index (χ0) is 23.4. The van der Waals surface area contributed by atoms with E-state index < -0.39 is 0 Å². The maximum Gasteiger partial charge on any atom is 0.255 e. The van der Waals surface area contributed by atoms with E-state index in [0.29, 0.717) is 17.8 Å². The minimum atomic E-state index is -0.223. The molecule has 0 saturated carbocycles. The Bertz CT molecular complexity index is 1300. The lowest BCUT2D eigenvalue weighted by molar-refractivity contribution is -0.114. The molecule has 0 fully saturated rings. The van der Waals surface area contributed by atoms with Crippen LogP contribution < -0.4 is 5.32 Å². The number of nitrogens with zero attached hydrogens (tertiary/aromatic N) is 2. The van der Waals surface area contributed by atoms with Gasteiger partial charge in [-0.1, -0.05) is 60.7 Å². The van der Waals surface area contributed by atoms with Gasteiger partial charge in [-0.3, -0.25) is 14.6 Å². The summed E-state index contributed by atoms with van der Waals surface area (Å²) in [6.45, 7) is 5.87. The molecule has 0 unspecified atom stereocenters. The third kappa shape index (κ3) is 5.09. The summed E-state index contributed by atoms with van der Waals surface area (Å²) in [7, 11) is 0. The largest absolute Gasteiger partial charge is 0.328 e. The standard InChI is InChI=1S/C28H27N3O2/c1-19-16-26(25-14-7-8-15-27(25)29-19)28(33)31(18-22-10-5-4-6-11-22)20(2)23-12-9-13-24(17-23)30-21(3)32/h4-17,20H,18H2,1-3H3,(H,30,32)/t20-/m0/s1. The molecular weight excluding hydrogens is 410 g/mol. The zero-order valence-electron chi connectivity index (χ0n) is 19.1. The fourth-order valence-corrected chi connectivity index (χ4v) is 4.06. The zero-order valence-corrected chi connectivity index (χ0v) is 19.1. The number of rotatable bonds is 6. The average Bonchev–Trinajstić information content (AvgIpc) is 2.81. The number of nitrogens with one attached hydrogen (secondary N) is 1. The lowest BCUT2D eigenvalue weighted by atomic mass is 10.0. The monoisotopic (exact) mass is 437 g/mol. The first-order chi connectivity index (χ1) is 15.9. The Kier molecular flexibility index (Phi) is 6.50. The summed E-state index contributed by atoms with van der Waals surface area (Å²) in [5.74, 6) is -0.186. The van der Waals surface area contributed by atoms with Crippen LogP contribution >= 0.6 is 0 Å². The van der Waals surface area contributed by atoms with Crippen molar-refractivity contribution in [1.29, 1.82) is 0 Å². The van der Waals surface area contributed by atoms with Crippen LogP contribution in [-0.4, -0.2) is 21.7 Å². The number of aromatic nitrogens is 1. The quantitative estimate of drug-likeness (QED) is 0.408. The highest BCUT2D eigenvalue weighted by Gasteiger charge is 2.25. The number of carbonyl (C=O) groups excluding carboxylic acids is 2. The normalized spacial score (nSPS) is 11.7. The van der Waals surface area contributed by atoms with Gasteiger partial charge >= 0.3 is 0 Å². The molecule has 1 aromatic heterocycles. The van der Waals surface area contributed by atoms with E-state index in [4.69, 9.17) is 0 Å². The van der Waals surface area contributed by atoms with Crippen LogP contribution in [0.25, 0.3) is 10.9 Å². The van der Waals surface area contributed by atoms with Crippen LogP contribution in [0.2, 0.25) is 0 Å². The summed E-state index contributed by atoms with van der Waals surface area (Å²) in [5.41, 5.74) is 4.95. The van der Waals surface area contributed by atoms with Crippen LogP contribution in [0.15, 0.2) is 84.9 Å². The van der Waals surface area contributed by atoms with Gasteiger partial charge in [0.05, 0.1) is 17.1 Å². The molecule has 0 aliphatic carbocycles. The predicted molar refractivity (Wildman–Crippen MR) is 132 cm³/mol. The Balaban J connectivity index is 1.77. The van der Waals surface area contributed by atoms with Gasteiger partial charge in [-0.15, -0.1) is 0 Å². The van der Waals surface area contributed by atoms with Crippen molar-refractivity contribution in [1.82, 2.24) is 9.88 Å². The van der Waals surface area contributed by atoms with Gasteiger partial charge in [0, 0.05) is 30.2 Å². The molecule has 2 amide bonds. The summed E-state index contributed by atoms with van der Waals surface area (Å²) >= 11 is 0. The first-order valence-corrected chi connectivity index (χ1v) is 11.0. The molecule has 33 heavy (non-hydrogen) atoms. The Hall–Kier alpha value is -3.99. The summed E-state index contributed by atoms with van der Waals surface area (Å²) in [5, 5.41) is 3.67. The number of anilines is 1. The third-order valence-electron chi connectivity index (χ3n) is 5.69. The van der Waals surface area contributed by atoms with Gasteiger partial charge < -0.3 is 10.2 Å². The number of hydrogen-bond acceptors (Lipinski definition) is 3. The molecular formula is C28H27N3O2. The molecule has 1 N–H and O–H groups in total. The second-order valence-corrected chi connectivity index (χ2v) is 8.23. The van der Waals surface area contributed by atoms with E-state index >= 15 is 0 Å². The number of pyridine rings is 1. The van der Waals surface area contributed by atoms with E-state index in [1.807, 2.05) is 104 Å². The van der Waals surface area contributed by atoms with Crippen LogP contribution in [0.5, 0.6) is 0 Å². The van der Waals surface area contributed by atoms with Crippen molar-refractivity contribution < 1.29 is 9.59 Å². The molecule has 0 radical (unpaired) electrons. The van der Waals surface area contributed by atoms with Crippen molar-refractivity contribution in [2.45, 2.75) is 33.4 Å².